The van der Waals surface area contributed by atoms with E-state index in [2.05, 4.69) is 0 Å². The first kappa shape index (κ1) is 14.5. The fraction of sp³-hybridized carbons (Fsp3) is 0.133. The van der Waals surface area contributed by atoms with Gasteiger partial charge in [0.2, 0.25) is 0 Å². The van der Waals surface area contributed by atoms with Gasteiger partial charge in [-0.2, -0.15) is 0 Å². The van der Waals surface area contributed by atoms with E-state index < -0.39 is 4.92 Å². The molecule has 0 fully saturated rings. The molecule has 0 aliphatic rings. The highest BCUT2D eigenvalue weighted by molar-refractivity contribution is 6.11. The van der Waals surface area contributed by atoms with E-state index in [-0.39, 0.29) is 28.5 Å². The lowest BCUT2D eigenvalue weighted by Gasteiger charge is -2.12. The highest BCUT2D eigenvalue weighted by Crippen LogP contribution is 2.36. The molecule has 0 spiro atoms. The first-order valence-corrected chi connectivity index (χ1v) is 6.08. The third-order valence-electron chi connectivity index (χ3n) is 2.96. The highest BCUT2D eigenvalue weighted by Gasteiger charge is 2.23. The maximum Gasteiger partial charge on any atom is 0.274 e. The minimum atomic E-state index is -0.580. The Balaban J connectivity index is 2.63. The van der Waals surface area contributed by atoms with Crippen LogP contribution in [0.25, 0.3) is 0 Å². The predicted octanol–water partition coefficient (Wildman–Crippen LogP) is 2.84. The van der Waals surface area contributed by atoms with Gasteiger partial charge in [0.25, 0.3) is 5.69 Å². The summed E-state index contributed by atoms with van der Waals surface area (Å²) in [7, 11) is 2.74. The molecule has 6 heteroatoms. The van der Waals surface area contributed by atoms with Crippen LogP contribution in [0.3, 0.4) is 0 Å². The number of rotatable bonds is 5. The number of nitro benzene ring substituents is 1. The van der Waals surface area contributed by atoms with E-state index in [1.165, 1.54) is 26.4 Å². The molecule has 0 unspecified atom stereocenters. The van der Waals surface area contributed by atoms with Crippen molar-refractivity contribution in [1.29, 1.82) is 0 Å². The number of hydrogen-bond donors (Lipinski definition) is 0. The molecule has 0 aliphatic heterocycles. The average Bonchev–Trinajstić information content (AvgIpc) is 2.53. The second-order valence-corrected chi connectivity index (χ2v) is 4.18. The average molecular weight is 287 g/mol. The zero-order chi connectivity index (χ0) is 15.4. The van der Waals surface area contributed by atoms with Crippen LogP contribution in [0.5, 0.6) is 11.5 Å². The van der Waals surface area contributed by atoms with Gasteiger partial charge in [0.1, 0.15) is 0 Å². The summed E-state index contributed by atoms with van der Waals surface area (Å²) in [6.07, 6.45) is 0. The van der Waals surface area contributed by atoms with E-state index in [1.54, 1.807) is 30.3 Å². The number of ketones is 1. The highest BCUT2D eigenvalue weighted by atomic mass is 16.6. The van der Waals surface area contributed by atoms with Crippen molar-refractivity contribution in [3.8, 4) is 11.5 Å². The van der Waals surface area contributed by atoms with Gasteiger partial charge in [-0.15, -0.1) is 0 Å². The van der Waals surface area contributed by atoms with Crippen LogP contribution in [0, 0.1) is 10.1 Å². The van der Waals surface area contributed by atoms with Gasteiger partial charge in [-0.3, -0.25) is 14.9 Å². The Labute approximate surface area is 121 Å². The quantitative estimate of drug-likeness (QED) is 0.480. The standard InChI is InChI=1S/C15H13NO5/c1-20-13-9-11(16(18)19)8-12(15(13)21-2)14(17)10-6-4-3-5-7-10/h3-9H,1-2H3. The number of carbonyl (C=O) groups excluding carboxylic acids is 1. The number of benzene rings is 2. The van der Waals surface area contributed by atoms with Crippen molar-refractivity contribution in [3.63, 3.8) is 0 Å². The minimum Gasteiger partial charge on any atom is -0.493 e. The number of carbonyl (C=O) groups is 1. The lowest BCUT2D eigenvalue weighted by atomic mass is 10.0. The van der Waals surface area contributed by atoms with Crippen LogP contribution in [-0.2, 0) is 0 Å². The Morgan fingerprint density at radius 1 is 1.10 bits per heavy atom. The molecular weight excluding hydrogens is 274 g/mol. The van der Waals surface area contributed by atoms with Gasteiger partial charge < -0.3 is 9.47 Å². The van der Waals surface area contributed by atoms with Gasteiger partial charge in [0.15, 0.2) is 17.3 Å². The van der Waals surface area contributed by atoms with Crippen LogP contribution >= 0.6 is 0 Å². The van der Waals surface area contributed by atoms with Crippen LogP contribution in [0.4, 0.5) is 5.69 Å². The first-order valence-electron chi connectivity index (χ1n) is 6.08. The van der Waals surface area contributed by atoms with E-state index in [4.69, 9.17) is 9.47 Å². The van der Waals surface area contributed by atoms with Crippen molar-refractivity contribution in [2.24, 2.45) is 0 Å². The molecule has 21 heavy (non-hydrogen) atoms. The number of nitro groups is 1. The van der Waals surface area contributed by atoms with E-state index in [0.717, 1.165) is 0 Å². The summed E-state index contributed by atoms with van der Waals surface area (Å²) in [4.78, 5) is 22.9. The van der Waals surface area contributed by atoms with Crippen molar-refractivity contribution in [3.05, 3.63) is 63.7 Å². The van der Waals surface area contributed by atoms with Crippen LogP contribution in [0.2, 0.25) is 0 Å². The van der Waals surface area contributed by atoms with E-state index in [1.807, 2.05) is 0 Å². The Morgan fingerprint density at radius 3 is 2.29 bits per heavy atom. The molecule has 2 rings (SSSR count). The molecule has 0 radical (unpaired) electrons. The molecule has 6 nitrogen and oxygen atoms in total. The van der Waals surface area contributed by atoms with Crippen LogP contribution < -0.4 is 9.47 Å². The van der Waals surface area contributed by atoms with Gasteiger partial charge in [0.05, 0.1) is 30.8 Å². The topological polar surface area (TPSA) is 78.7 Å². The maximum absolute atomic E-state index is 12.5. The van der Waals surface area contributed by atoms with E-state index in [9.17, 15) is 14.9 Å². The summed E-state index contributed by atoms with van der Waals surface area (Å²) in [5, 5.41) is 11.0. The molecule has 0 heterocycles. The molecule has 0 saturated carbocycles. The van der Waals surface area contributed by atoms with Crippen molar-refractivity contribution in [2.75, 3.05) is 14.2 Å². The van der Waals surface area contributed by atoms with Gasteiger partial charge in [0, 0.05) is 11.6 Å². The Hall–Kier alpha value is -2.89. The molecule has 2 aromatic carbocycles. The fourth-order valence-corrected chi connectivity index (χ4v) is 1.97. The minimum absolute atomic E-state index is 0.0924. The van der Waals surface area contributed by atoms with Crippen LogP contribution in [0.15, 0.2) is 42.5 Å². The third kappa shape index (κ3) is 2.84. The number of ether oxygens (including phenoxy) is 2. The zero-order valence-corrected chi connectivity index (χ0v) is 11.5. The second-order valence-electron chi connectivity index (χ2n) is 4.18. The maximum atomic E-state index is 12.5. The molecule has 108 valence electrons. The summed E-state index contributed by atoms with van der Waals surface area (Å²) < 4.78 is 10.2. The largest absolute Gasteiger partial charge is 0.493 e. The Morgan fingerprint density at radius 2 is 1.76 bits per heavy atom. The lowest BCUT2D eigenvalue weighted by Crippen LogP contribution is -2.06. The summed E-state index contributed by atoms with van der Waals surface area (Å²) in [5.74, 6) is -0.0441. The lowest BCUT2D eigenvalue weighted by molar-refractivity contribution is -0.385. The Kier molecular flexibility index (Phi) is 4.18. The summed E-state index contributed by atoms with van der Waals surface area (Å²) in [6, 6.07) is 10.9. The number of nitrogens with zero attached hydrogens (tertiary/aromatic N) is 1. The summed E-state index contributed by atoms with van der Waals surface area (Å²) in [5.41, 5.74) is 0.278. The van der Waals surface area contributed by atoms with Gasteiger partial charge in [-0.25, -0.2) is 0 Å². The molecule has 0 bridgehead atoms. The monoisotopic (exact) mass is 287 g/mol. The first-order chi connectivity index (χ1) is 10.1. The van der Waals surface area contributed by atoms with Gasteiger partial charge in [-0.1, -0.05) is 30.3 Å². The number of hydrogen-bond acceptors (Lipinski definition) is 5. The van der Waals surface area contributed by atoms with Gasteiger partial charge >= 0.3 is 0 Å². The summed E-state index contributed by atoms with van der Waals surface area (Å²) in [6.45, 7) is 0. The molecular formula is C15H13NO5. The van der Waals surface area contributed by atoms with E-state index in [0.29, 0.717) is 5.56 Å². The molecule has 0 atom stereocenters. The molecule has 0 aromatic heterocycles. The molecule has 0 N–H and O–H groups in total. The third-order valence-corrected chi connectivity index (χ3v) is 2.96. The fourth-order valence-electron chi connectivity index (χ4n) is 1.97. The second kappa shape index (κ2) is 6.04. The van der Waals surface area contributed by atoms with E-state index >= 15 is 0 Å². The zero-order valence-electron chi connectivity index (χ0n) is 11.5. The van der Waals surface area contributed by atoms with Gasteiger partial charge in [-0.05, 0) is 0 Å². The molecule has 0 aliphatic carbocycles. The predicted molar refractivity (Wildman–Crippen MR) is 76.1 cm³/mol. The van der Waals surface area contributed by atoms with Crippen molar-refractivity contribution in [2.45, 2.75) is 0 Å². The molecule has 0 saturated heterocycles. The van der Waals surface area contributed by atoms with Crippen molar-refractivity contribution < 1.29 is 19.2 Å². The number of non-ortho nitro benzene ring substituents is 1. The van der Waals surface area contributed by atoms with Crippen molar-refractivity contribution >= 4 is 11.5 Å². The molecule has 2 aromatic rings. The SMILES string of the molecule is COc1cc([N+](=O)[O-])cc(C(=O)c2ccccc2)c1OC. The van der Waals surface area contributed by atoms with Crippen molar-refractivity contribution in [1.82, 2.24) is 0 Å². The smallest absolute Gasteiger partial charge is 0.274 e. The molecule has 0 amide bonds. The number of methoxy groups -OCH3 is 2. The van der Waals surface area contributed by atoms with Crippen LogP contribution in [0.1, 0.15) is 15.9 Å². The van der Waals surface area contributed by atoms with Crippen LogP contribution in [-0.4, -0.2) is 24.9 Å². The Bertz CT molecular complexity index is 682. The summed E-state index contributed by atoms with van der Waals surface area (Å²) >= 11 is 0. The normalized spacial score (nSPS) is 10.0.